The summed E-state index contributed by atoms with van der Waals surface area (Å²) >= 11 is 5.18. The Kier molecular flexibility index (Phi) is 4.41. The van der Waals surface area contributed by atoms with E-state index in [1.165, 1.54) is 11.1 Å². The van der Waals surface area contributed by atoms with Gasteiger partial charge in [-0.3, -0.25) is 4.79 Å². The van der Waals surface area contributed by atoms with Gasteiger partial charge in [-0.2, -0.15) is 0 Å². The number of likely N-dealkylation sites (tertiary alicyclic amines) is 1. The van der Waals surface area contributed by atoms with E-state index in [4.69, 9.17) is 0 Å². The highest BCUT2D eigenvalue weighted by atomic mass is 79.9. The highest BCUT2D eigenvalue weighted by molar-refractivity contribution is 9.09. The predicted molar refractivity (Wildman–Crippen MR) is 88.9 cm³/mol. The zero-order chi connectivity index (χ0) is 13.9. The van der Waals surface area contributed by atoms with Gasteiger partial charge < -0.3 is 4.90 Å². The molecule has 1 atom stereocenters. The summed E-state index contributed by atoms with van der Waals surface area (Å²) in [6, 6.07) is 8.58. The van der Waals surface area contributed by atoms with E-state index < -0.39 is 0 Å². The van der Waals surface area contributed by atoms with Crippen molar-refractivity contribution in [2.24, 2.45) is 0 Å². The fourth-order valence-electron chi connectivity index (χ4n) is 2.99. The van der Waals surface area contributed by atoms with Gasteiger partial charge in [-0.15, -0.1) is 11.3 Å². The molecule has 1 aliphatic rings. The molecule has 2 heterocycles. The van der Waals surface area contributed by atoms with Crippen LogP contribution in [0.15, 0.2) is 29.6 Å². The summed E-state index contributed by atoms with van der Waals surface area (Å²) < 4.78 is 1.20. The Labute approximate surface area is 131 Å². The van der Waals surface area contributed by atoms with Crippen LogP contribution in [-0.2, 0) is 0 Å². The number of piperidine rings is 1. The van der Waals surface area contributed by atoms with Gasteiger partial charge in [0.15, 0.2) is 0 Å². The van der Waals surface area contributed by atoms with E-state index in [-0.39, 0.29) is 5.91 Å². The fourth-order valence-corrected chi connectivity index (χ4v) is 4.46. The van der Waals surface area contributed by atoms with Gasteiger partial charge in [-0.1, -0.05) is 34.1 Å². The first-order valence-electron chi connectivity index (χ1n) is 7.14. The molecule has 20 heavy (non-hydrogen) atoms. The summed E-state index contributed by atoms with van der Waals surface area (Å²) in [6.07, 6.45) is 4.56. The quantitative estimate of drug-likeness (QED) is 0.735. The largest absolute Gasteiger partial charge is 0.336 e. The lowest BCUT2D eigenvalue weighted by Gasteiger charge is -2.35. The molecule has 0 aliphatic carbocycles. The Morgan fingerprint density at radius 3 is 3.05 bits per heavy atom. The number of rotatable bonds is 3. The third-order valence-electron chi connectivity index (χ3n) is 4.04. The molecule has 1 saturated heterocycles. The second-order valence-electron chi connectivity index (χ2n) is 5.27. The van der Waals surface area contributed by atoms with Crippen molar-refractivity contribution in [2.45, 2.75) is 31.7 Å². The lowest BCUT2D eigenvalue weighted by atomic mass is 9.99. The summed E-state index contributed by atoms with van der Waals surface area (Å²) in [5, 5.41) is 4.09. The zero-order valence-corrected chi connectivity index (χ0v) is 13.8. The second-order valence-corrected chi connectivity index (χ2v) is 6.98. The van der Waals surface area contributed by atoms with Crippen LogP contribution in [0, 0.1) is 0 Å². The minimum Gasteiger partial charge on any atom is -0.336 e. The van der Waals surface area contributed by atoms with E-state index in [2.05, 4.69) is 33.0 Å². The molecular weight excluding hydrogens is 334 g/mol. The molecule has 0 saturated carbocycles. The molecule has 1 unspecified atom stereocenters. The van der Waals surface area contributed by atoms with Crippen molar-refractivity contribution >= 4 is 43.3 Å². The Morgan fingerprint density at radius 1 is 1.35 bits per heavy atom. The number of thiophene rings is 1. The molecule has 106 valence electrons. The van der Waals surface area contributed by atoms with Crippen LogP contribution in [0.25, 0.3) is 10.1 Å². The number of hydrogen-bond acceptors (Lipinski definition) is 2. The topological polar surface area (TPSA) is 20.3 Å². The molecular formula is C16H18BrNOS. The minimum absolute atomic E-state index is 0.216. The van der Waals surface area contributed by atoms with Gasteiger partial charge >= 0.3 is 0 Å². The number of hydrogen-bond donors (Lipinski definition) is 0. The van der Waals surface area contributed by atoms with Gasteiger partial charge in [0.05, 0.1) is 5.56 Å². The lowest BCUT2D eigenvalue weighted by Crippen LogP contribution is -2.43. The minimum atomic E-state index is 0.216. The Balaban J connectivity index is 1.90. The zero-order valence-electron chi connectivity index (χ0n) is 11.3. The highest BCUT2D eigenvalue weighted by Gasteiger charge is 2.28. The normalized spacial score (nSPS) is 19.4. The van der Waals surface area contributed by atoms with E-state index in [1.807, 2.05) is 17.5 Å². The average molecular weight is 352 g/mol. The first-order valence-corrected chi connectivity index (χ1v) is 9.14. The van der Waals surface area contributed by atoms with Crippen LogP contribution in [0.4, 0.5) is 0 Å². The summed E-state index contributed by atoms with van der Waals surface area (Å²) in [6.45, 7) is 0.903. The van der Waals surface area contributed by atoms with E-state index in [1.54, 1.807) is 11.3 Å². The van der Waals surface area contributed by atoms with Crippen molar-refractivity contribution in [3.63, 3.8) is 0 Å². The average Bonchev–Trinajstić information content (AvgIpc) is 2.91. The monoisotopic (exact) mass is 351 g/mol. The van der Waals surface area contributed by atoms with Gasteiger partial charge in [-0.05, 0) is 31.7 Å². The maximum atomic E-state index is 12.9. The van der Waals surface area contributed by atoms with E-state index in [0.717, 1.165) is 42.1 Å². The van der Waals surface area contributed by atoms with Crippen LogP contribution in [0.1, 0.15) is 36.0 Å². The third-order valence-corrected chi connectivity index (χ3v) is 5.46. The van der Waals surface area contributed by atoms with Crippen LogP contribution in [-0.4, -0.2) is 28.7 Å². The highest BCUT2D eigenvalue weighted by Crippen LogP contribution is 2.29. The Bertz CT molecular complexity index is 607. The third kappa shape index (κ3) is 2.63. The molecule has 0 bridgehead atoms. The van der Waals surface area contributed by atoms with E-state index >= 15 is 0 Å². The molecule has 1 aliphatic heterocycles. The lowest BCUT2D eigenvalue weighted by molar-refractivity contribution is 0.0612. The van der Waals surface area contributed by atoms with Crippen molar-refractivity contribution in [3.05, 3.63) is 35.2 Å². The smallest absolute Gasteiger partial charge is 0.255 e. The molecule has 2 nitrogen and oxygen atoms in total. The van der Waals surface area contributed by atoms with Crippen molar-refractivity contribution in [1.29, 1.82) is 0 Å². The molecule has 2 aromatic rings. The number of carbonyl (C=O) groups is 1. The number of alkyl halides is 1. The van der Waals surface area contributed by atoms with Crippen molar-refractivity contribution in [3.8, 4) is 0 Å². The van der Waals surface area contributed by atoms with Crippen molar-refractivity contribution in [2.75, 3.05) is 11.9 Å². The fraction of sp³-hybridized carbons (Fsp3) is 0.438. The summed E-state index contributed by atoms with van der Waals surface area (Å²) in [5.74, 6) is 0.216. The number of nitrogens with zero attached hydrogens (tertiary/aromatic N) is 1. The van der Waals surface area contributed by atoms with E-state index in [9.17, 15) is 4.79 Å². The second kappa shape index (κ2) is 6.27. The summed E-state index contributed by atoms with van der Waals surface area (Å²) in [5.41, 5.74) is 0.882. The molecule has 4 heteroatoms. The molecule has 0 radical (unpaired) electrons. The van der Waals surface area contributed by atoms with Gasteiger partial charge in [0.25, 0.3) is 5.91 Å². The van der Waals surface area contributed by atoms with Gasteiger partial charge in [0.2, 0.25) is 0 Å². The van der Waals surface area contributed by atoms with E-state index in [0.29, 0.717) is 6.04 Å². The maximum Gasteiger partial charge on any atom is 0.255 e. The van der Waals surface area contributed by atoms with Crippen molar-refractivity contribution < 1.29 is 4.79 Å². The standard InChI is InChI=1S/C16H18BrNOS/c17-9-8-12-5-3-4-10-18(12)16(19)14-11-20-15-7-2-1-6-13(14)15/h1-2,6-7,11-12H,3-5,8-10H2. The van der Waals surface area contributed by atoms with Crippen LogP contribution in [0.5, 0.6) is 0 Å². The number of amides is 1. The molecule has 1 amide bonds. The summed E-state index contributed by atoms with van der Waals surface area (Å²) in [4.78, 5) is 15.0. The number of benzene rings is 1. The Morgan fingerprint density at radius 2 is 2.20 bits per heavy atom. The van der Waals surface area contributed by atoms with Crippen LogP contribution < -0.4 is 0 Å². The Hall–Kier alpha value is -0.870. The van der Waals surface area contributed by atoms with Crippen LogP contribution in [0.3, 0.4) is 0 Å². The molecule has 0 N–H and O–H groups in total. The van der Waals surface area contributed by atoms with Crippen LogP contribution in [0.2, 0.25) is 0 Å². The first-order chi connectivity index (χ1) is 9.81. The SMILES string of the molecule is O=C(c1csc2ccccc12)N1CCCCC1CCBr. The predicted octanol–water partition coefficient (Wildman–Crippen LogP) is 4.68. The molecule has 0 spiro atoms. The molecule has 1 aromatic carbocycles. The van der Waals surface area contributed by atoms with Gasteiger partial charge in [-0.25, -0.2) is 0 Å². The number of carbonyl (C=O) groups excluding carboxylic acids is 1. The molecule has 1 fully saturated rings. The summed E-state index contributed by atoms with van der Waals surface area (Å²) in [7, 11) is 0. The maximum absolute atomic E-state index is 12.9. The number of fused-ring (bicyclic) bond motifs is 1. The molecule has 3 rings (SSSR count). The van der Waals surface area contributed by atoms with Gasteiger partial charge in [0, 0.05) is 33.4 Å². The molecule has 1 aromatic heterocycles. The number of halogens is 1. The van der Waals surface area contributed by atoms with Crippen LogP contribution >= 0.6 is 27.3 Å². The van der Waals surface area contributed by atoms with Gasteiger partial charge in [0.1, 0.15) is 0 Å². The first kappa shape index (κ1) is 14.1. The van der Waals surface area contributed by atoms with Crippen molar-refractivity contribution in [1.82, 2.24) is 4.90 Å².